The highest BCUT2D eigenvalue weighted by Gasteiger charge is 2.41. The molecule has 1 amide bonds. The summed E-state index contributed by atoms with van der Waals surface area (Å²) < 4.78 is 19.0. The maximum atomic E-state index is 13.8. The summed E-state index contributed by atoms with van der Waals surface area (Å²) in [6.07, 6.45) is 2.55. The number of hydrogen-bond acceptors (Lipinski definition) is 6. The largest absolute Gasteiger partial charge is 0.379 e. The lowest BCUT2D eigenvalue weighted by molar-refractivity contribution is -0.121. The lowest BCUT2D eigenvalue weighted by atomic mass is 9.91. The van der Waals surface area contributed by atoms with Gasteiger partial charge in [-0.2, -0.15) is 0 Å². The van der Waals surface area contributed by atoms with Crippen LogP contribution in [-0.2, 0) is 21.4 Å². The van der Waals surface area contributed by atoms with E-state index in [0.717, 1.165) is 61.9 Å². The van der Waals surface area contributed by atoms with Crippen molar-refractivity contribution in [1.82, 2.24) is 20.1 Å². The highest BCUT2D eigenvalue weighted by molar-refractivity contribution is 5.97. The fraction of sp³-hybridized carbons (Fsp3) is 0.586. The number of carbonyl (C=O) groups is 1. The minimum absolute atomic E-state index is 0. The number of fused-ring (bicyclic) bond motifs is 1. The summed E-state index contributed by atoms with van der Waals surface area (Å²) in [6, 6.07) is 9.69. The number of aromatic nitrogens is 1. The molecule has 3 atom stereocenters. The topological polar surface area (TPSA) is 60.9 Å². The summed E-state index contributed by atoms with van der Waals surface area (Å²) in [5.74, 6) is -0.111. The van der Waals surface area contributed by atoms with Crippen molar-refractivity contribution in [2.24, 2.45) is 0 Å². The van der Waals surface area contributed by atoms with E-state index in [1.165, 1.54) is 12.1 Å². The fourth-order valence-electron chi connectivity index (χ4n) is 5.90. The van der Waals surface area contributed by atoms with Crippen LogP contribution in [-0.4, -0.2) is 91.3 Å². The molecule has 1 unspecified atom stereocenters. The van der Waals surface area contributed by atoms with E-state index in [2.05, 4.69) is 48.9 Å². The number of benzene rings is 1. The van der Waals surface area contributed by atoms with Crippen molar-refractivity contribution in [3.8, 4) is 0 Å². The molecule has 0 saturated carbocycles. The third-order valence-corrected chi connectivity index (χ3v) is 8.05. The molecule has 5 rings (SSSR count). The normalized spacial score (nSPS) is 24.9. The highest BCUT2D eigenvalue weighted by Crippen LogP contribution is 2.39. The molecular weight excluding hydrogens is 540 g/mol. The van der Waals surface area contributed by atoms with E-state index in [9.17, 15) is 9.18 Å². The number of carbonyl (C=O) groups excluding carboxylic acids is 1. The van der Waals surface area contributed by atoms with E-state index in [-0.39, 0.29) is 48.0 Å². The van der Waals surface area contributed by atoms with Crippen LogP contribution in [0.25, 0.3) is 0 Å². The summed E-state index contributed by atoms with van der Waals surface area (Å²) >= 11 is 0. The maximum absolute atomic E-state index is 13.8. The SMILES string of the molecule is CC1COCCN1C[C@H]1CN[C@H](C)CN1CC(=O)N1CC(C)(C)c2ncc(Cc3ccc(F)cc3)cc21.Cl.Cl. The highest BCUT2D eigenvalue weighted by atomic mass is 35.5. The first-order valence-electron chi connectivity index (χ1n) is 13.5. The zero-order chi connectivity index (χ0) is 26.2. The van der Waals surface area contributed by atoms with Crippen molar-refractivity contribution in [1.29, 1.82) is 0 Å². The van der Waals surface area contributed by atoms with Crippen molar-refractivity contribution in [3.63, 3.8) is 0 Å². The molecule has 4 heterocycles. The molecule has 7 nitrogen and oxygen atoms in total. The van der Waals surface area contributed by atoms with Crippen molar-refractivity contribution in [3.05, 3.63) is 59.2 Å². The average molecular weight is 583 g/mol. The van der Waals surface area contributed by atoms with Gasteiger partial charge in [-0.25, -0.2) is 4.39 Å². The van der Waals surface area contributed by atoms with E-state index >= 15 is 0 Å². The zero-order valence-corrected chi connectivity index (χ0v) is 25.0. The Morgan fingerprint density at radius 3 is 2.62 bits per heavy atom. The molecule has 1 N–H and O–H groups in total. The van der Waals surface area contributed by atoms with Gasteiger partial charge in [0.1, 0.15) is 5.82 Å². The van der Waals surface area contributed by atoms with Gasteiger partial charge in [-0.1, -0.05) is 26.0 Å². The zero-order valence-electron chi connectivity index (χ0n) is 23.4. The Morgan fingerprint density at radius 2 is 1.90 bits per heavy atom. The Bertz CT molecular complexity index is 1120. The van der Waals surface area contributed by atoms with Crippen LogP contribution in [0.2, 0.25) is 0 Å². The van der Waals surface area contributed by atoms with E-state index in [4.69, 9.17) is 9.72 Å². The number of morpholine rings is 1. The molecule has 1 aromatic carbocycles. The Morgan fingerprint density at radius 1 is 1.15 bits per heavy atom. The predicted molar refractivity (Wildman–Crippen MR) is 158 cm³/mol. The summed E-state index contributed by atoms with van der Waals surface area (Å²) in [5, 5.41) is 3.61. The minimum atomic E-state index is -0.238. The molecule has 3 aliphatic rings. The van der Waals surface area contributed by atoms with Gasteiger partial charge in [-0.05, 0) is 49.6 Å². The quantitative estimate of drug-likeness (QED) is 0.562. The Balaban J connectivity index is 0.00000210. The molecule has 0 aliphatic carbocycles. The molecule has 0 radical (unpaired) electrons. The Labute approximate surface area is 244 Å². The fourth-order valence-corrected chi connectivity index (χ4v) is 5.90. The lowest BCUT2D eigenvalue weighted by Gasteiger charge is -2.43. The number of ether oxygens (including phenoxy) is 1. The monoisotopic (exact) mass is 581 g/mol. The average Bonchev–Trinajstić information content (AvgIpc) is 3.14. The van der Waals surface area contributed by atoms with Crippen LogP contribution < -0.4 is 10.2 Å². The third kappa shape index (κ3) is 7.29. The van der Waals surface area contributed by atoms with Crippen molar-refractivity contribution >= 4 is 36.4 Å². The number of piperazine rings is 1. The van der Waals surface area contributed by atoms with Gasteiger partial charge >= 0.3 is 0 Å². The van der Waals surface area contributed by atoms with Crippen LogP contribution in [0, 0.1) is 5.82 Å². The maximum Gasteiger partial charge on any atom is 0.241 e. The van der Waals surface area contributed by atoms with Gasteiger partial charge in [0.25, 0.3) is 0 Å². The first kappa shape index (κ1) is 31.7. The van der Waals surface area contributed by atoms with Gasteiger partial charge in [0.05, 0.1) is 31.1 Å². The molecule has 10 heteroatoms. The van der Waals surface area contributed by atoms with Crippen molar-refractivity contribution < 1.29 is 13.9 Å². The van der Waals surface area contributed by atoms with Crippen LogP contribution in [0.4, 0.5) is 10.1 Å². The van der Waals surface area contributed by atoms with E-state index in [0.29, 0.717) is 31.6 Å². The third-order valence-electron chi connectivity index (χ3n) is 8.05. The molecule has 2 aromatic rings. The second kappa shape index (κ2) is 13.2. The van der Waals surface area contributed by atoms with Gasteiger partial charge in [0.2, 0.25) is 5.91 Å². The molecule has 2 fully saturated rings. The molecule has 39 heavy (non-hydrogen) atoms. The molecular formula is C29H42Cl2FN5O2. The Kier molecular flexibility index (Phi) is 10.8. The summed E-state index contributed by atoms with van der Waals surface area (Å²) in [5.41, 5.74) is 3.72. The van der Waals surface area contributed by atoms with E-state index in [1.807, 2.05) is 11.1 Å². The second-order valence-electron chi connectivity index (χ2n) is 11.7. The minimum Gasteiger partial charge on any atom is -0.379 e. The number of anilines is 1. The number of rotatable bonds is 6. The van der Waals surface area contributed by atoms with Crippen molar-refractivity contribution in [2.75, 3.05) is 57.4 Å². The van der Waals surface area contributed by atoms with Gasteiger partial charge in [-0.15, -0.1) is 24.8 Å². The number of hydrogen-bond donors (Lipinski definition) is 1. The molecule has 216 valence electrons. The van der Waals surface area contributed by atoms with E-state index in [1.54, 1.807) is 12.1 Å². The number of amides is 1. The molecule has 1 aromatic heterocycles. The predicted octanol–water partition coefficient (Wildman–Crippen LogP) is 3.66. The molecule has 0 spiro atoms. The van der Waals surface area contributed by atoms with Crippen molar-refractivity contribution in [2.45, 2.75) is 57.7 Å². The number of nitrogens with one attached hydrogen (secondary N) is 1. The number of halogens is 3. The summed E-state index contributed by atoms with van der Waals surface area (Å²) in [4.78, 5) is 25.4. The second-order valence-corrected chi connectivity index (χ2v) is 11.7. The molecule has 3 aliphatic heterocycles. The van der Waals surface area contributed by atoms with Gasteiger partial charge in [-0.3, -0.25) is 19.6 Å². The lowest BCUT2D eigenvalue weighted by Crippen LogP contribution is -2.62. The smallest absolute Gasteiger partial charge is 0.241 e. The van der Waals surface area contributed by atoms with Crippen LogP contribution >= 0.6 is 24.8 Å². The van der Waals surface area contributed by atoms with Gasteiger partial charge in [0.15, 0.2) is 0 Å². The van der Waals surface area contributed by atoms with Gasteiger partial charge in [0, 0.05) is 62.5 Å². The van der Waals surface area contributed by atoms with Crippen LogP contribution in [0.3, 0.4) is 0 Å². The Hall–Kier alpha value is -1.81. The first-order valence-corrected chi connectivity index (χ1v) is 13.5. The summed E-state index contributed by atoms with van der Waals surface area (Å²) in [7, 11) is 0. The van der Waals surface area contributed by atoms with Crippen LogP contribution in [0.15, 0.2) is 36.5 Å². The first-order chi connectivity index (χ1) is 17.7. The van der Waals surface area contributed by atoms with Gasteiger partial charge < -0.3 is 15.0 Å². The molecule has 2 saturated heterocycles. The number of pyridine rings is 1. The van der Waals surface area contributed by atoms with Crippen LogP contribution in [0.5, 0.6) is 0 Å². The molecule has 0 bridgehead atoms. The number of nitrogens with zero attached hydrogens (tertiary/aromatic N) is 4. The van der Waals surface area contributed by atoms with E-state index < -0.39 is 0 Å². The van der Waals surface area contributed by atoms with Crippen LogP contribution in [0.1, 0.15) is 44.5 Å². The standard InChI is InChI=1S/C29H40FN5O2.2ClH/c1-20-15-34(25(14-31-20)16-33-9-10-37-18-21(33)2)17-27(36)35-19-29(3,4)28-26(35)12-23(13-32-28)11-22-5-7-24(30)8-6-22;;/h5-8,12-13,20-21,25,31H,9-11,14-19H2,1-4H3;2*1H/t20-,21?,25-;;/m1../s1. The summed E-state index contributed by atoms with van der Waals surface area (Å²) in [6.45, 7) is 14.9.